The highest BCUT2D eigenvalue weighted by Gasteiger charge is 2.39. The van der Waals surface area contributed by atoms with E-state index in [0.717, 1.165) is 45.2 Å². The molecular formula is C17H26N2OS. The van der Waals surface area contributed by atoms with E-state index in [2.05, 4.69) is 29.0 Å². The van der Waals surface area contributed by atoms with Crippen molar-refractivity contribution in [1.82, 2.24) is 10.6 Å². The fourth-order valence-corrected chi connectivity index (χ4v) is 4.90. The van der Waals surface area contributed by atoms with Crippen molar-refractivity contribution in [2.24, 2.45) is 5.41 Å². The molecule has 1 amide bonds. The molecule has 3 rings (SSSR count). The lowest BCUT2D eigenvalue weighted by Crippen LogP contribution is -2.51. The Hall–Kier alpha value is -0.870. The van der Waals surface area contributed by atoms with Crippen molar-refractivity contribution >= 4 is 17.2 Å². The standard InChI is InChI=1S/C17H26N2OS/c1-2-8-17(9-4-10-18-12-17)16(20)19-14-5-3-6-15-13(14)7-11-21-15/h7,11,14,18H,2-6,8-10,12H2,1H3,(H,19,20). The van der Waals surface area contributed by atoms with E-state index in [-0.39, 0.29) is 17.4 Å². The van der Waals surface area contributed by atoms with Crippen LogP contribution < -0.4 is 10.6 Å². The van der Waals surface area contributed by atoms with Crippen molar-refractivity contribution in [1.29, 1.82) is 0 Å². The Morgan fingerprint density at radius 3 is 3.19 bits per heavy atom. The molecule has 2 heterocycles. The zero-order valence-electron chi connectivity index (χ0n) is 12.9. The summed E-state index contributed by atoms with van der Waals surface area (Å²) in [5.41, 5.74) is 1.19. The van der Waals surface area contributed by atoms with Gasteiger partial charge in [0.1, 0.15) is 0 Å². The highest BCUT2D eigenvalue weighted by atomic mass is 32.1. The van der Waals surface area contributed by atoms with Crippen LogP contribution in [0.3, 0.4) is 0 Å². The first-order valence-electron chi connectivity index (χ1n) is 8.33. The number of nitrogens with one attached hydrogen (secondary N) is 2. The van der Waals surface area contributed by atoms with Gasteiger partial charge in [-0.3, -0.25) is 4.79 Å². The van der Waals surface area contributed by atoms with Gasteiger partial charge in [-0.15, -0.1) is 11.3 Å². The van der Waals surface area contributed by atoms with Gasteiger partial charge in [-0.05, 0) is 62.1 Å². The summed E-state index contributed by atoms with van der Waals surface area (Å²) in [4.78, 5) is 14.4. The Labute approximate surface area is 131 Å². The number of hydrogen-bond donors (Lipinski definition) is 2. The van der Waals surface area contributed by atoms with Crippen LogP contribution >= 0.6 is 11.3 Å². The number of carbonyl (C=O) groups is 1. The van der Waals surface area contributed by atoms with Gasteiger partial charge >= 0.3 is 0 Å². The third kappa shape index (κ3) is 3.02. The molecule has 0 radical (unpaired) electrons. The summed E-state index contributed by atoms with van der Waals surface area (Å²) < 4.78 is 0. The van der Waals surface area contributed by atoms with E-state index in [1.165, 1.54) is 23.3 Å². The van der Waals surface area contributed by atoms with E-state index in [4.69, 9.17) is 0 Å². The van der Waals surface area contributed by atoms with Gasteiger partial charge in [-0.25, -0.2) is 0 Å². The fraction of sp³-hybridized carbons (Fsp3) is 0.706. The molecule has 21 heavy (non-hydrogen) atoms. The lowest BCUT2D eigenvalue weighted by molar-refractivity contribution is -0.133. The van der Waals surface area contributed by atoms with Gasteiger partial charge in [0.2, 0.25) is 5.91 Å². The molecule has 2 N–H and O–H groups in total. The van der Waals surface area contributed by atoms with Crippen molar-refractivity contribution in [3.8, 4) is 0 Å². The molecule has 1 aromatic rings. The summed E-state index contributed by atoms with van der Waals surface area (Å²) >= 11 is 1.84. The molecule has 0 saturated carbocycles. The number of amides is 1. The predicted octanol–water partition coefficient (Wildman–Crippen LogP) is 3.41. The predicted molar refractivity (Wildman–Crippen MR) is 87.6 cm³/mol. The molecule has 0 bridgehead atoms. The van der Waals surface area contributed by atoms with Crippen LogP contribution in [0.5, 0.6) is 0 Å². The number of carbonyl (C=O) groups excluding carboxylic acids is 1. The average molecular weight is 306 g/mol. The SMILES string of the molecule is CCCC1(C(=O)NC2CCCc3sccc32)CCCNC1. The topological polar surface area (TPSA) is 41.1 Å². The number of fused-ring (bicyclic) bond motifs is 1. The molecule has 4 heteroatoms. The lowest BCUT2D eigenvalue weighted by Gasteiger charge is -2.38. The Morgan fingerprint density at radius 1 is 1.52 bits per heavy atom. The monoisotopic (exact) mass is 306 g/mol. The summed E-state index contributed by atoms with van der Waals surface area (Å²) in [6.07, 6.45) is 7.67. The quantitative estimate of drug-likeness (QED) is 0.895. The van der Waals surface area contributed by atoms with Crippen LogP contribution in [0.1, 0.15) is 61.9 Å². The van der Waals surface area contributed by atoms with Crippen LogP contribution in [0.2, 0.25) is 0 Å². The molecule has 116 valence electrons. The molecule has 3 nitrogen and oxygen atoms in total. The second-order valence-corrected chi connectivity index (χ2v) is 7.53. The van der Waals surface area contributed by atoms with Gasteiger partial charge in [0.05, 0.1) is 11.5 Å². The van der Waals surface area contributed by atoms with Crippen LogP contribution in [-0.2, 0) is 11.2 Å². The van der Waals surface area contributed by atoms with Crippen molar-refractivity contribution in [3.05, 3.63) is 21.9 Å². The summed E-state index contributed by atoms with van der Waals surface area (Å²) in [7, 11) is 0. The summed E-state index contributed by atoms with van der Waals surface area (Å²) in [6.45, 7) is 4.08. The van der Waals surface area contributed by atoms with Crippen molar-refractivity contribution < 1.29 is 4.79 Å². The summed E-state index contributed by atoms with van der Waals surface area (Å²) in [6, 6.07) is 2.44. The van der Waals surface area contributed by atoms with E-state index in [0.29, 0.717) is 0 Å². The van der Waals surface area contributed by atoms with E-state index in [1.807, 2.05) is 11.3 Å². The first-order valence-corrected chi connectivity index (χ1v) is 9.21. The van der Waals surface area contributed by atoms with Crippen LogP contribution in [-0.4, -0.2) is 19.0 Å². The number of aryl methyl sites for hydroxylation is 1. The molecule has 2 aliphatic rings. The smallest absolute Gasteiger partial charge is 0.227 e. The van der Waals surface area contributed by atoms with Gasteiger partial charge in [0.25, 0.3) is 0 Å². The maximum atomic E-state index is 13.0. The molecule has 0 spiro atoms. The van der Waals surface area contributed by atoms with Gasteiger partial charge in [0, 0.05) is 11.4 Å². The maximum Gasteiger partial charge on any atom is 0.227 e. The van der Waals surface area contributed by atoms with Crippen LogP contribution in [0.4, 0.5) is 0 Å². The van der Waals surface area contributed by atoms with Crippen molar-refractivity contribution in [2.45, 2.75) is 57.9 Å². The normalized spacial score (nSPS) is 28.9. The minimum absolute atomic E-state index is 0.180. The van der Waals surface area contributed by atoms with E-state index in [1.54, 1.807) is 0 Å². The van der Waals surface area contributed by atoms with Gasteiger partial charge < -0.3 is 10.6 Å². The van der Waals surface area contributed by atoms with Gasteiger partial charge in [0.15, 0.2) is 0 Å². The third-order valence-corrected chi connectivity index (χ3v) is 6.04. The molecule has 0 aromatic carbocycles. The third-order valence-electron chi connectivity index (χ3n) is 5.04. The Balaban J connectivity index is 1.73. The second kappa shape index (κ2) is 6.49. The summed E-state index contributed by atoms with van der Waals surface area (Å²) in [5.74, 6) is 0.278. The lowest BCUT2D eigenvalue weighted by atomic mass is 9.75. The van der Waals surface area contributed by atoms with E-state index in [9.17, 15) is 4.79 Å². The fourth-order valence-electron chi connectivity index (χ4n) is 3.91. The molecule has 2 unspecified atom stereocenters. The van der Waals surface area contributed by atoms with E-state index < -0.39 is 0 Å². The largest absolute Gasteiger partial charge is 0.349 e. The number of hydrogen-bond acceptors (Lipinski definition) is 3. The Bertz CT molecular complexity index is 485. The molecule has 1 fully saturated rings. The molecule has 1 aromatic heterocycles. The van der Waals surface area contributed by atoms with Crippen LogP contribution in [0.25, 0.3) is 0 Å². The number of piperidine rings is 1. The summed E-state index contributed by atoms with van der Waals surface area (Å²) in [5, 5.41) is 8.98. The highest BCUT2D eigenvalue weighted by Crippen LogP contribution is 2.36. The Morgan fingerprint density at radius 2 is 2.43 bits per heavy atom. The number of thiophene rings is 1. The zero-order chi connectivity index (χ0) is 14.7. The Kier molecular flexibility index (Phi) is 4.65. The van der Waals surface area contributed by atoms with E-state index >= 15 is 0 Å². The highest BCUT2D eigenvalue weighted by molar-refractivity contribution is 7.10. The molecule has 2 atom stereocenters. The number of rotatable bonds is 4. The molecule has 1 aliphatic carbocycles. The van der Waals surface area contributed by atoms with Gasteiger partial charge in [-0.1, -0.05) is 13.3 Å². The van der Waals surface area contributed by atoms with Crippen LogP contribution in [0.15, 0.2) is 11.4 Å². The average Bonchev–Trinajstić information content (AvgIpc) is 2.98. The first-order chi connectivity index (χ1) is 10.2. The molecular weight excluding hydrogens is 280 g/mol. The van der Waals surface area contributed by atoms with Crippen molar-refractivity contribution in [3.63, 3.8) is 0 Å². The first kappa shape index (κ1) is 15.0. The maximum absolute atomic E-state index is 13.0. The van der Waals surface area contributed by atoms with Gasteiger partial charge in [-0.2, -0.15) is 0 Å². The van der Waals surface area contributed by atoms with Crippen molar-refractivity contribution in [2.75, 3.05) is 13.1 Å². The minimum Gasteiger partial charge on any atom is -0.349 e. The molecule has 1 saturated heterocycles. The van der Waals surface area contributed by atoms with Crippen LogP contribution in [0, 0.1) is 5.41 Å². The second-order valence-electron chi connectivity index (χ2n) is 6.53. The zero-order valence-corrected chi connectivity index (χ0v) is 13.7. The minimum atomic E-state index is -0.180. The molecule has 1 aliphatic heterocycles.